The highest BCUT2D eigenvalue weighted by atomic mass is 79.9. The standard InChI is InChI=1S/C28H21BrN4O2S/c1-17-6-8-18(9-7-17)16-36-28-31-27(34)25-21-4-2-3-5-22(21)30-26(33(25)32-28)24-15-14-23(35-24)19-10-12-20(29)13-11-19/h2-15,26H,16H2,1H3,(H,31,32,34)/t26-/m1/s1. The Balaban J connectivity index is 1.38. The van der Waals surface area contributed by atoms with Crippen molar-refractivity contribution < 1.29 is 9.21 Å². The zero-order chi connectivity index (χ0) is 24.6. The van der Waals surface area contributed by atoms with Crippen molar-refractivity contribution in [3.63, 3.8) is 0 Å². The molecule has 6 nitrogen and oxygen atoms in total. The van der Waals surface area contributed by atoms with Gasteiger partial charge in [0.15, 0.2) is 10.9 Å². The summed E-state index contributed by atoms with van der Waals surface area (Å²) in [5, 5.41) is 11.5. The number of carbonyl (C=O) groups is 1. The third kappa shape index (κ3) is 4.38. The van der Waals surface area contributed by atoms with Crippen LogP contribution in [-0.4, -0.2) is 16.1 Å². The Hall–Kier alpha value is -3.62. The minimum absolute atomic E-state index is 0.205. The van der Waals surface area contributed by atoms with Crippen LogP contribution in [0, 0.1) is 6.92 Å². The number of fused-ring (bicyclic) bond motifs is 2. The normalized spacial score (nSPS) is 16.6. The molecule has 0 aliphatic carbocycles. The van der Waals surface area contributed by atoms with E-state index in [0.29, 0.717) is 22.4 Å². The number of thioether (sulfide) groups is 1. The van der Waals surface area contributed by atoms with Crippen LogP contribution in [0.25, 0.3) is 17.0 Å². The molecular weight excluding hydrogens is 536 g/mol. The first-order chi connectivity index (χ1) is 17.5. The minimum Gasteiger partial charge on any atom is -0.457 e. The quantitative estimate of drug-likeness (QED) is 0.380. The average molecular weight is 557 g/mol. The van der Waals surface area contributed by atoms with Crippen molar-refractivity contribution >= 4 is 44.5 Å². The van der Waals surface area contributed by atoms with Crippen molar-refractivity contribution in [1.29, 1.82) is 0 Å². The largest absolute Gasteiger partial charge is 0.457 e. The summed E-state index contributed by atoms with van der Waals surface area (Å²) in [7, 11) is 0. The number of hydrogen-bond acceptors (Lipinski definition) is 6. The van der Waals surface area contributed by atoms with E-state index in [1.165, 1.54) is 17.3 Å². The van der Waals surface area contributed by atoms with Gasteiger partial charge in [-0.2, -0.15) is 0 Å². The highest BCUT2D eigenvalue weighted by molar-refractivity contribution is 9.10. The van der Waals surface area contributed by atoms with E-state index >= 15 is 0 Å². The number of halogens is 1. The molecular formula is C28H21BrN4O2S. The monoisotopic (exact) mass is 556 g/mol. The smallest absolute Gasteiger partial charge is 0.276 e. The van der Waals surface area contributed by atoms with Crippen LogP contribution in [0.3, 0.4) is 0 Å². The molecule has 0 unspecified atom stereocenters. The number of hydrazone groups is 1. The van der Waals surface area contributed by atoms with Gasteiger partial charge in [0.2, 0.25) is 6.17 Å². The topological polar surface area (TPSA) is 70.2 Å². The Bertz CT molecular complexity index is 1610. The Morgan fingerprint density at radius 3 is 2.58 bits per heavy atom. The molecule has 178 valence electrons. The molecule has 1 aromatic heterocycles. The molecule has 6 rings (SSSR count). The van der Waals surface area contributed by atoms with Gasteiger partial charge in [0.25, 0.3) is 5.91 Å². The first-order valence-corrected chi connectivity index (χ1v) is 13.2. The van der Waals surface area contributed by atoms with Crippen molar-refractivity contribution in [3.05, 3.63) is 117 Å². The zero-order valence-corrected chi connectivity index (χ0v) is 21.7. The molecule has 0 saturated carbocycles. The van der Waals surface area contributed by atoms with Crippen LogP contribution in [0.5, 0.6) is 0 Å². The summed E-state index contributed by atoms with van der Waals surface area (Å²) in [6.45, 7) is 2.06. The number of rotatable bonds is 4. The number of aryl methyl sites for hydroxylation is 1. The lowest BCUT2D eigenvalue weighted by atomic mass is 10.1. The number of benzene rings is 3. The molecule has 0 bridgehead atoms. The van der Waals surface area contributed by atoms with E-state index in [0.717, 1.165) is 31.9 Å². The predicted molar refractivity (Wildman–Crippen MR) is 145 cm³/mol. The molecule has 4 aromatic rings. The van der Waals surface area contributed by atoms with E-state index in [1.807, 2.05) is 60.7 Å². The summed E-state index contributed by atoms with van der Waals surface area (Å²) >= 11 is 4.96. The van der Waals surface area contributed by atoms with Gasteiger partial charge >= 0.3 is 0 Å². The van der Waals surface area contributed by atoms with Gasteiger partial charge in [0, 0.05) is 21.0 Å². The number of carbonyl (C=O) groups excluding carboxylic acids is 1. The summed E-state index contributed by atoms with van der Waals surface area (Å²) in [6.07, 6.45) is -0.597. The Morgan fingerprint density at radius 2 is 1.78 bits per heavy atom. The van der Waals surface area contributed by atoms with Crippen LogP contribution in [0.1, 0.15) is 23.1 Å². The maximum atomic E-state index is 13.3. The number of amidine groups is 1. The van der Waals surface area contributed by atoms with E-state index in [1.54, 1.807) is 5.01 Å². The van der Waals surface area contributed by atoms with E-state index in [2.05, 4.69) is 52.4 Å². The number of nitrogens with zero attached hydrogens (tertiary/aromatic N) is 3. The molecule has 3 aromatic carbocycles. The van der Waals surface area contributed by atoms with Crippen molar-refractivity contribution in [2.45, 2.75) is 18.8 Å². The third-order valence-electron chi connectivity index (χ3n) is 6.02. The van der Waals surface area contributed by atoms with E-state index in [9.17, 15) is 4.79 Å². The van der Waals surface area contributed by atoms with Crippen LogP contribution >= 0.6 is 27.7 Å². The van der Waals surface area contributed by atoms with Gasteiger partial charge in [0.1, 0.15) is 11.5 Å². The second-order valence-electron chi connectivity index (χ2n) is 8.56. The van der Waals surface area contributed by atoms with Gasteiger partial charge in [-0.15, -0.1) is 5.10 Å². The van der Waals surface area contributed by atoms with Gasteiger partial charge in [-0.05, 0) is 42.8 Å². The van der Waals surface area contributed by atoms with Crippen LogP contribution in [0.2, 0.25) is 0 Å². The van der Waals surface area contributed by atoms with E-state index in [4.69, 9.17) is 14.5 Å². The number of amides is 1. The number of nitrogens with one attached hydrogen (secondary N) is 1. The van der Waals surface area contributed by atoms with Crippen LogP contribution in [0.15, 0.2) is 104 Å². The van der Waals surface area contributed by atoms with Crippen molar-refractivity contribution in [2.24, 2.45) is 10.1 Å². The fourth-order valence-corrected chi connectivity index (χ4v) is 5.25. The Morgan fingerprint density at radius 1 is 1.00 bits per heavy atom. The fraction of sp³-hybridized carbons (Fsp3) is 0.107. The van der Waals surface area contributed by atoms with E-state index in [-0.39, 0.29) is 5.91 Å². The first kappa shape index (κ1) is 22.8. The lowest BCUT2D eigenvalue weighted by Gasteiger charge is -2.32. The molecule has 0 fully saturated rings. The lowest BCUT2D eigenvalue weighted by molar-refractivity contribution is -0.116. The van der Waals surface area contributed by atoms with Crippen LogP contribution in [0.4, 0.5) is 0 Å². The molecule has 3 heterocycles. The summed E-state index contributed by atoms with van der Waals surface area (Å²) in [5.74, 6) is 1.83. The van der Waals surface area contributed by atoms with Gasteiger partial charge in [0.05, 0.1) is 5.36 Å². The summed E-state index contributed by atoms with van der Waals surface area (Å²) < 4.78 is 7.25. The van der Waals surface area contributed by atoms with Crippen LogP contribution < -0.4 is 15.9 Å². The molecule has 1 N–H and O–H groups in total. The first-order valence-electron chi connectivity index (χ1n) is 11.5. The maximum absolute atomic E-state index is 13.3. The van der Waals surface area contributed by atoms with Gasteiger partial charge in [-0.3, -0.25) is 10.1 Å². The zero-order valence-electron chi connectivity index (χ0n) is 19.3. The number of para-hydroxylation sites is 1. The molecule has 1 amide bonds. The average Bonchev–Trinajstić information content (AvgIpc) is 3.38. The van der Waals surface area contributed by atoms with Gasteiger partial charge in [-0.25, -0.2) is 10.0 Å². The molecule has 0 saturated heterocycles. The third-order valence-corrected chi connectivity index (χ3v) is 7.49. The SMILES string of the molecule is Cc1ccc(CSC2=NN3C(=c4ccccc4=N[C@H]3c3ccc(-c4ccc(Br)cc4)o3)C(=O)N2)cc1. The fourth-order valence-electron chi connectivity index (χ4n) is 4.17. The summed E-state index contributed by atoms with van der Waals surface area (Å²) in [5.41, 5.74) is 3.79. The molecule has 0 spiro atoms. The molecule has 1 atom stereocenters. The highest BCUT2D eigenvalue weighted by Gasteiger charge is 2.36. The summed E-state index contributed by atoms with van der Waals surface area (Å²) in [4.78, 5) is 18.3. The highest BCUT2D eigenvalue weighted by Crippen LogP contribution is 2.34. The van der Waals surface area contributed by atoms with Gasteiger partial charge < -0.3 is 4.42 Å². The molecule has 36 heavy (non-hydrogen) atoms. The van der Waals surface area contributed by atoms with Crippen molar-refractivity contribution in [2.75, 3.05) is 0 Å². The molecule has 0 radical (unpaired) electrons. The van der Waals surface area contributed by atoms with Crippen molar-refractivity contribution in [1.82, 2.24) is 10.3 Å². The second-order valence-corrected chi connectivity index (χ2v) is 10.4. The summed E-state index contributed by atoms with van der Waals surface area (Å²) in [6, 6.07) is 27.7. The van der Waals surface area contributed by atoms with Gasteiger partial charge in [-0.1, -0.05) is 87.9 Å². The minimum atomic E-state index is -0.597. The molecule has 2 aliphatic heterocycles. The molecule has 8 heteroatoms. The lowest BCUT2D eigenvalue weighted by Crippen LogP contribution is -2.50. The number of hydrogen-bond donors (Lipinski definition) is 1. The van der Waals surface area contributed by atoms with Crippen LogP contribution in [-0.2, 0) is 10.5 Å². The molecule has 2 aliphatic rings. The Labute approximate surface area is 220 Å². The van der Waals surface area contributed by atoms with Crippen molar-refractivity contribution in [3.8, 4) is 11.3 Å². The Kier molecular flexibility index (Phi) is 5.99. The maximum Gasteiger partial charge on any atom is 0.276 e. The number of furan rings is 1. The van der Waals surface area contributed by atoms with E-state index < -0.39 is 6.17 Å². The second kappa shape index (κ2) is 9.44. The predicted octanol–water partition coefficient (Wildman–Crippen LogP) is 5.09.